The molecular weight excluding hydrogens is 364 g/mol. The van der Waals surface area contributed by atoms with Crippen LogP contribution in [0.3, 0.4) is 0 Å². The van der Waals surface area contributed by atoms with Crippen LogP contribution >= 0.6 is 0 Å². The Bertz CT molecular complexity index is 871. The van der Waals surface area contributed by atoms with Gasteiger partial charge in [-0.05, 0) is 46.8 Å². The van der Waals surface area contributed by atoms with E-state index in [1.54, 1.807) is 33.0 Å². The first-order valence-corrected chi connectivity index (χ1v) is 10.7. The topological polar surface area (TPSA) is 79.5 Å². The number of anilines is 1. The monoisotopic (exact) mass is 392 g/mol. The number of aryl methyl sites for hydroxylation is 2. The zero-order valence-corrected chi connectivity index (χ0v) is 17.5. The van der Waals surface area contributed by atoms with Gasteiger partial charge in [0, 0.05) is 38.3 Å². The Hall–Kier alpha value is -1.93. The van der Waals surface area contributed by atoms with Gasteiger partial charge in [0.15, 0.2) is 14.9 Å². The summed E-state index contributed by atoms with van der Waals surface area (Å²) in [6.07, 6.45) is 1.67. The van der Waals surface area contributed by atoms with Crippen molar-refractivity contribution in [2.45, 2.75) is 50.9 Å². The second-order valence-electron chi connectivity index (χ2n) is 8.04. The van der Waals surface area contributed by atoms with Gasteiger partial charge in [0.25, 0.3) is 0 Å². The SMILES string of the molecule is Cc1noc(C)c1CN1CCN(c2ccc(S(=O)(=O)C(C)(C)C)nc2)CC1. The van der Waals surface area contributed by atoms with Crippen LogP contribution in [0, 0.1) is 13.8 Å². The first-order valence-electron chi connectivity index (χ1n) is 9.19. The van der Waals surface area contributed by atoms with Gasteiger partial charge < -0.3 is 9.42 Å². The normalized spacial score (nSPS) is 16.7. The third-order valence-corrected chi connectivity index (χ3v) is 7.51. The van der Waals surface area contributed by atoms with E-state index in [0.29, 0.717) is 0 Å². The van der Waals surface area contributed by atoms with E-state index < -0.39 is 14.6 Å². The fourth-order valence-corrected chi connectivity index (χ4v) is 4.21. The molecule has 27 heavy (non-hydrogen) atoms. The highest BCUT2D eigenvalue weighted by Gasteiger charge is 2.32. The molecule has 0 aliphatic carbocycles. The van der Waals surface area contributed by atoms with Gasteiger partial charge in [-0.1, -0.05) is 5.16 Å². The largest absolute Gasteiger partial charge is 0.368 e. The molecule has 0 amide bonds. The lowest BCUT2D eigenvalue weighted by Gasteiger charge is -2.36. The van der Waals surface area contributed by atoms with Crippen LogP contribution in [0.4, 0.5) is 5.69 Å². The molecule has 7 nitrogen and oxygen atoms in total. The molecular formula is C19H28N4O3S. The molecule has 8 heteroatoms. The molecule has 1 saturated heterocycles. The highest BCUT2D eigenvalue weighted by atomic mass is 32.2. The summed E-state index contributed by atoms with van der Waals surface area (Å²) in [5.74, 6) is 0.884. The first-order chi connectivity index (χ1) is 12.6. The third-order valence-electron chi connectivity index (χ3n) is 5.10. The average molecular weight is 393 g/mol. The van der Waals surface area contributed by atoms with Crippen LogP contribution in [0.15, 0.2) is 27.9 Å². The molecule has 1 fully saturated rings. The van der Waals surface area contributed by atoms with E-state index >= 15 is 0 Å². The van der Waals surface area contributed by atoms with E-state index in [-0.39, 0.29) is 5.03 Å². The lowest BCUT2D eigenvalue weighted by Crippen LogP contribution is -2.46. The standard InChI is InChI=1S/C19H28N4O3S/c1-14-17(15(2)26-21-14)13-22-8-10-23(11-9-22)16-6-7-18(20-12-16)27(24,25)19(3,4)5/h6-7,12H,8-11,13H2,1-5H3. The van der Waals surface area contributed by atoms with E-state index in [9.17, 15) is 8.42 Å². The van der Waals surface area contributed by atoms with Crippen LogP contribution in [-0.2, 0) is 16.4 Å². The molecule has 1 aliphatic rings. The van der Waals surface area contributed by atoms with Crippen molar-refractivity contribution in [3.05, 3.63) is 35.3 Å². The number of rotatable bonds is 4. The van der Waals surface area contributed by atoms with Crippen molar-refractivity contribution in [2.75, 3.05) is 31.1 Å². The van der Waals surface area contributed by atoms with Gasteiger partial charge in [0.2, 0.25) is 0 Å². The second kappa shape index (κ2) is 7.24. The summed E-state index contributed by atoms with van der Waals surface area (Å²) in [4.78, 5) is 8.86. The number of aromatic nitrogens is 2. The number of piperazine rings is 1. The Kier molecular flexibility index (Phi) is 5.31. The van der Waals surface area contributed by atoms with E-state index in [1.165, 1.54) is 5.56 Å². The molecule has 0 saturated carbocycles. The molecule has 1 aliphatic heterocycles. The van der Waals surface area contributed by atoms with Crippen LogP contribution in [0.1, 0.15) is 37.8 Å². The molecule has 0 N–H and O–H groups in total. The van der Waals surface area contributed by atoms with Crippen molar-refractivity contribution < 1.29 is 12.9 Å². The summed E-state index contributed by atoms with van der Waals surface area (Å²) in [7, 11) is -3.42. The van der Waals surface area contributed by atoms with Crippen molar-refractivity contribution in [3.63, 3.8) is 0 Å². The predicted molar refractivity (Wildman–Crippen MR) is 105 cm³/mol. The summed E-state index contributed by atoms with van der Waals surface area (Å²) in [6.45, 7) is 13.4. The minimum atomic E-state index is -3.42. The number of hydrogen-bond donors (Lipinski definition) is 0. The van der Waals surface area contributed by atoms with Crippen molar-refractivity contribution in [1.82, 2.24) is 15.0 Å². The van der Waals surface area contributed by atoms with Gasteiger partial charge in [-0.25, -0.2) is 13.4 Å². The fourth-order valence-electron chi connectivity index (χ4n) is 3.15. The Morgan fingerprint density at radius 2 is 1.78 bits per heavy atom. The highest BCUT2D eigenvalue weighted by molar-refractivity contribution is 7.92. The van der Waals surface area contributed by atoms with Gasteiger partial charge >= 0.3 is 0 Å². The lowest BCUT2D eigenvalue weighted by molar-refractivity contribution is 0.248. The summed E-state index contributed by atoms with van der Waals surface area (Å²) in [5, 5.41) is 4.15. The summed E-state index contributed by atoms with van der Waals surface area (Å²) in [5.41, 5.74) is 3.08. The van der Waals surface area contributed by atoms with Gasteiger partial charge in [-0.3, -0.25) is 4.90 Å². The maximum atomic E-state index is 12.5. The van der Waals surface area contributed by atoms with Crippen LogP contribution in [0.25, 0.3) is 0 Å². The van der Waals surface area contributed by atoms with Crippen molar-refractivity contribution in [3.8, 4) is 0 Å². The van der Waals surface area contributed by atoms with Gasteiger partial charge in [-0.2, -0.15) is 0 Å². The van der Waals surface area contributed by atoms with E-state index in [4.69, 9.17) is 4.52 Å². The van der Waals surface area contributed by atoms with Crippen molar-refractivity contribution in [2.24, 2.45) is 0 Å². The van der Waals surface area contributed by atoms with E-state index in [0.717, 1.165) is 49.9 Å². The van der Waals surface area contributed by atoms with Gasteiger partial charge in [0.1, 0.15) is 5.76 Å². The van der Waals surface area contributed by atoms with E-state index in [1.807, 2.05) is 19.9 Å². The molecule has 3 rings (SSSR count). The smallest absolute Gasteiger partial charge is 0.200 e. The maximum Gasteiger partial charge on any atom is 0.200 e. The molecule has 0 radical (unpaired) electrons. The Morgan fingerprint density at radius 3 is 2.26 bits per heavy atom. The van der Waals surface area contributed by atoms with Crippen LogP contribution in [0.2, 0.25) is 0 Å². The number of sulfone groups is 1. The number of pyridine rings is 1. The zero-order valence-electron chi connectivity index (χ0n) is 16.7. The molecule has 0 atom stereocenters. The Morgan fingerprint density at radius 1 is 1.11 bits per heavy atom. The first kappa shape index (κ1) is 19.8. The van der Waals surface area contributed by atoms with Gasteiger partial charge in [-0.15, -0.1) is 0 Å². The maximum absolute atomic E-state index is 12.5. The highest BCUT2D eigenvalue weighted by Crippen LogP contribution is 2.25. The molecule has 2 aromatic rings. The zero-order chi connectivity index (χ0) is 19.8. The Balaban J connectivity index is 1.63. The average Bonchev–Trinajstić information content (AvgIpc) is 2.93. The van der Waals surface area contributed by atoms with E-state index in [2.05, 4.69) is 19.9 Å². The van der Waals surface area contributed by atoms with Gasteiger partial charge in [0.05, 0.1) is 22.3 Å². The fraction of sp³-hybridized carbons (Fsp3) is 0.579. The molecule has 0 spiro atoms. The molecule has 0 unspecified atom stereocenters. The van der Waals surface area contributed by atoms with Crippen molar-refractivity contribution in [1.29, 1.82) is 0 Å². The molecule has 148 valence electrons. The predicted octanol–water partition coefficient (Wildman–Crippen LogP) is 2.58. The summed E-state index contributed by atoms with van der Waals surface area (Å²) < 4.78 is 29.4. The molecule has 0 bridgehead atoms. The van der Waals surface area contributed by atoms with Crippen LogP contribution < -0.4 is 4.90 Å². The Labute approximate surface area is 161 Å². The minimum absolute atomic E-state index is 0.135. The van der Waals surface area contributed by atoms with Crippen LogP contribution in [0.5, 0.6) is 0 Å². The second-order valence-corrected chi connectivity index (χ2v) is 10.7. The molecule has 2 aromatic heterocycles. The molecule has 3 heterocycles. The number of hydrogen-bond acceptors (Lipinski definition) is 7. The van der Waals surface area contributed by atoms with Crippen LogP contribution in [-0.4, -0.2) is 54.4 Å². The summed E-state index contributed by atoms with van der Waals surface area (Å²) in [6, 6.07) is 3.47. The molecule has 0 aromatic carbocycles. The lowest BCUT2D eigenvalue weighted by atomic mass is 10.1. The summed E-state index contributed by atoms with van der Waals surface area (Å²) >= 11 is 0. The quantitative estimate of drug-likeness (QED) is 0.791. The minimum Gasteiger partial charge on any atom is -0.368 e. The number of nitrogens with zero attached hydrogens (tertiary/aromatic N) is 4. The third kappa shape index (κ3) is 4.01. The van der Waals surface area contributed by atoms with Crippen molar-refractivity contribution >= 4 is 15.5 Å².